The second-order valence-electron chi connectivity index (χ2n) is 3.70. The van der Waals surface area contributed by atoms with E-state index < -0.39 is 0 Å². The molecule has 82 valence electrons. The van der Waals surface area contributed by atoms with Crippen LogP contribution in [0.2, 0.25) is 0 Å². The van der Waals surface area contributed by atoms with Crippen LogP contribution in [0.3, 0.4) is 0 Å². The minimum absolute atomic E-state index is 0.0444. The van der Waals surface area contributed by atoms with Gasteiger partial charge in [0.15, 0.2) is 6.29 Å². The predicted molar refractivity (Wildman–Crippen MR) is 57.1 cm³/mol. The van der Waals surface area contributed by atoms with E-state index >= 15 is 0 Å². The van der Waals surface area contributed by atoms with Gasteiger partial charge in [0.25, 0.3) is 0 Å². The van der Waals surface area contributed by atoms with Gasteiger partial charge >= 0.3 is 0 Å². The van der Waals surface area contributed by atoms with Crippen LogP contribution in [0.1, 0.15) is 17.9 Å². The fourth-order valence-corrected chi connectivity index (χ4v) is 1.86. The lowest BCUT2D eigenvalue weighted by atomic mass is 9.98. The molecule has 0 aromatic heterocycles. The highest BCUT2D eigenvalue weighted by molar-refractivity contribution is 5.29. The largest absolute Gasteiger partial charge is 0.497 e. The first-order valence-corrected chi connectivity index (χ1v) is 5.12. The highest BCUT2D eigenvalue weighted by atomic mass is 16.7. The molecule has 1 aromatic rings. The van der Waals surface area contributed by atoms with Crippen LogP contribution in [0, 0.1) is 0 Å². The fourth-order valence-electron chi connectivity index (χ4n) is 1.86. The Kier molecular flexibility index (Phi) is 3.23. The van der Waals surface area contributed by atoms with E-state index in [0.717, 1.165) is 18.8 Å². The van der Waals surface area contributed by atoms with Crippen LogP contribution in [-0.4, -0.2) is 27.1 Å². The van der Waals surface area contributed by atoms with Crippen molar-refractivity contribution in [2.24, 2.45) is 0 Å². The fraction of sp³-hybridized carbons (Fsp3) is 0.500. The van der Waals surface area contributed by atoms with E-state index in [2.05, 4.69) is 12.1 Å². The van der Waals surface area contributed by atoms with Crippen LogP contribution in [0.25, 0.3) is 0 Å². The Morgan fingerprint density at radius 3 is 2.47 bits per heavy atom. The Hall–Kier alpha value is -1.06. The number of rotatable bonds is 3. The Labute approximate surface area is 90.0 Å². The van der Waals surface area contributed by atoms with E-state index in [0.29, 0.717) is 5.92 Å². The first-order valence-electron chi connectivity index (χ1n) is 5.12. The third-order valence-corrected chi connectivity index (χ3v) is 2.81. The molecule has 0 spiro atoms. The predicted octanol–water partition coefficient (Wildman–Crippen LogP) is 2.17. The molecule has 0 radical (unpaired) electrons. The van der Waals surface area contributed by atoms with Crippen molar-refractivity contribution in [3.63, 3.8) is 0 Å². The van der Waals surface area contributed by atoms with Crippen molar-refractivity contribution in [1.82, 2.24) is 0 Å². The standard InChI is InChI=1S/C12H16O3/c1-13-11-5-3-9(4-6-11)10-7-12(14-2)15-8-10/h3-6,10,12H,7-8H2,1-2H3/t10-,12-/m0/s1. The summed E-state index contributed by atoms with van der Waals surface area (Å²) in [7, 11) is 3.36. The third kappa shape index (κ3) is 2.30. The number of ether oxygens (including phenoxy) is 3. The first kappa shape index (κ1) is 10.5. The van der Waals surface area contributed by atoms with Crippen molar-refractivity contribution in [2.45, 2.75) is 18.6 Å². The topological polar surface area (TPSA) is 27.7 Å². The molecule has 1 aliphatic heterocycles. The Morgan fingerprint density at radius 1 is 1.20 bits per heavy atom. The maximum atomic E-state index is 5.47. The number of benzene rings is 1. The van der Waals surface area contributed by atoms with Crippen molar-refractivity contribution in [3.8, 4) is 5.75 Å². The summed E-state index contributed by atoms with van der Waals surface area (Å²) in [6.45, 7) is 0.741. The van der Waals surface area contributed by atoms with Crippen molar-refractivity contribution in [3.05, 3.63) is 29.8 Å². The molecule has 1 heterocycles. The molecule has 15 heavy (non-hydrogen) atoms. The molecule has 0 amide bonds. The lowest BCUT2D eigenvalue weighted by Gasteiger charge is -2.08. The zero-order valence-corrected chi connectivity index (χ0v) is 9.10. The van der Waals surface area contributed by atoms with Crippen molar-refractivity contribution >= 4 is 0 Å². The van der Waals surface area contributed by atoms with E-state index in [-0.39, 0.29) is 6.29 Å². The first-order chi connectivity index (χ1) is 7.33. The molecule has 0 saturated carbocycles. The summed E-state index contributed by atoms with van der Waals surface area (Å²) in [5.74, 6) is 1.34. The summed E-state index contributed by atoms with van der Waals surface area (Å²) in [5, 5.41) is 0. The highest BCUT2D eigenvalue weighted by Gasteiger charge is 2.26. The molecule has 0 bridgehead atoms. The van der Waals surface area contributed by atoms with Crippen LogP contribution < -0.4 is 4.74 Å². The maximum absolute atomic E-state index is 5.47. The van der Waals surface area contributed by atoms with E-state index in [1.807, 2.05) is 12.1 Å². The summed E-state index contributed by atoms with van der Waals surface area (Å²) < 4.78 is 15.8. The van der Waals surface area contributed by atoms with Crippen LogP contribution in [0.5, 0.6) is 5.75 Å². The van der Waals surface area contributed by atoms with Gasteiger partial charge in [0, 0.05) is 19.4 Å². The lowest BCUT2D eigenvalue weighted by molar-refractivity contribution is -0.0880. The molecule has 3 nitrogen and oxygen atoms in total. The van der Waals surface area contributed by atoms with Gasteiger partial charge in [-0.05, 0) is 17.7 Å². The van der Waals surface area contributed by atoms with E-state index in [9.17, 15) is 0 Å². The van der Waals surface area contributed by atoms with Gasteiger partial charge in [-0.15, -0.1) is 0 Å². The van der Waals surface area contributed by atoms with Gasteiger partial charge in [0.1, 0.15) is 5.75 Å². The van der Waals surface area contributed by atoms with Crippen LogP contribution in [0.4, 0.5) is 0 Å². The average Bonchev–Trinajstić information content (AvgIpc) is 2.78. The molecular weight excluding hydrogens is 192 g/mol. The van der Waals surface area contributed by atoms with Crippen molar-refractivity contribution in [2.75, 3.05) is 20.8 Å². The SMILES string of the molecule is COc1ccc([C@@H]2CO[C@H](OC)C2)cc1. The van der Waals surface area contributed by atoms with Crippen LogP contribution in [0.15, 0.2) is 24.3 Å². The molecule has 0 N–H and O–H groups in total. The maximum Gasteiger partial charge on any atom is 0.157 e. The van der Waals surface area contributed by atoms with Crippen molar-refractivity contribution < 1.29 is 14.2 Å². The molecule has 2 rings (SSSR count). The minimum atomic E-state index is -0.0444. The Morgan fingerprint density at radius 2 is 1.93 bits per heavy atom. The Balaban J connectivity index is 2.04. The van der Waals surface area contributed by atoms with Crippen LogP contribution >= 0.6 is 0 Å². The van der Waals surface area contributed by atoms with Crippen LogP contribution in [-0.2, 0) is 9.47 Å². The van der Waals surface area contributed by atoms with Gasteiger partial charge in [0.05, 0.1) is 13.7 Å². The quantitative estimate of drug-likeness (QED) is 0.762. The number of hydrogen-bond acceptors (Lipinski definition) is 3. The number of methoxy groups -OCH3 is 2. The van der Waals surface area contributed by atoms with E-state index in [1.165, 1.54) is 5.56 Å². The molecule has 1 aliphatic rings. The molecular formula is C12H16O3. The van der Waals surface area contributed by atoms with Gasteiger partial charge in [-0.3, -0.25) is 0 Å². The smallest absolute Gasteiger partial charge is 0.157 e. The van der Waals surface area contributed by atoms with Gasteiger partial charge < -0.3 is 14.2 Å². The van der Waals surface area contributed by atoms with Gasteiger partial charge in [-0.25, -0.2) is 0 Å². The van der Waals surface area contributed by atoms with Gasteiger partial charge in [-0.2, -0.15) is 0 Å². The second kappa shape index (κ2) is 4.64. The third-order valence-electron chi connectivity index (χ3n) is 2.81. The Bertz CT molecular complexity index is 307. The zero-order chi connectivity index (χ0) is 10.7. The summed E-state index contributed by atoms with van der Waals surface area (Å²) in [6, 6.07) is 8.14. The molecule has 0 unspecified atom stereocenters. The van der Waals surface area contributed by atoms with Gasteiger partial charge in [0.2, 0.25) is 0 Å². The monoisotopic (exact) mass is 208 g/mol. The normalized spacial score (nSPS) is 25.5. The van der Waals surface area contributed by atoms with Crippen molar-refractivity contribution in [1.29, 1.82) is 0 Å². The molecule has 1 aromatic carbocycles. The summed E-state index contributed by atoms with van der Waals surface area (Å²) in [4.78, 5) is 0. The minimum Gasteiger partial charge on any atom is -0.497 e. The molecule has 1 fully saturated rings. The summed E-state index contributed by atoms with van der Waals surface area (Å²) >= 11 is 0. The number of hydrogen-bond donors (Lipinski definition) is 0. The molecule has 0 aliphatic carbocycles. The lowest BCUT2D eigenvalue weighted by Crippen LogP contribution is -2.06. The molecule has 3 heteroatoms. The molecule has 1 saturated heterocycles. The summed E-state index contributed by atoms with van der Waals surface area (Å²) in [6.07, 6.45) is 0.889. The van der Waals surface area contributed by atoms with E-state index in [1.54, 1.807) is 14.2 Å². The summed E-state index contributed by atoms with van der Waals surface area (Å²) in [5.41, 5.74) is 1.29. The van der Waals surface area contributed by atoms with Gasteiger partial charge in [-0.1, -0.05) is 12.1 Å². The zero-order valence-electron chi connectivity index (χ0n) is 9.10. The molecule has 2 atom stereocenters. The highest BCUT2D eigenvalue weighted by Crippen LogP contribution is 2.30. The second-order valence-corrected chi connectivity index (χ2v) is 3.70. The van der Waals surface area contributed by atoms with E-state index in [4.69, 9.17) is 14.2 Å². The average molecular weight is 208 g/mol.